The first kappa shape index (κ1) is 16.1. The van der Waals surface area contributed by atoms with Crippen LogP contribution in [0.5, 0.6) is 11.5 Å². The van der Waals surface area contributed by atoms with Crippen molar-refractivity contribution in [3.63, 3.8) is 0 Å². The van der Waals surface area contributed by atoms with Gasteiger partial charge in [-0.3, -0.25) is 4.79 Å². The van der Waals surface area contributed by atoms with Crippen LogP contribution in [0.3, 0.4) is 0 Å². The molecule has 6 nitrogen and oxygen atoms in total. The smallest absolute Gasteiger partial charge is 0.340 e. The number of anilines is 1. The van der Waals surface area contributed by atoms with Crippen molar-refractivity contribution in [2.24, 2.45) is 0 Å². The molecule has 0 aliphatic carbocycles. The first-order valence-corrected chi connectivity index (χ1v) is 7.22. The van der Waals surface area contributed by atoms with Gasteiger partial charge in [-0.1, -0.05) is 11.6 Å². The van der Waals surface area contributed by atoms with Crippen LogP contribution in [0.2, 0.25) is 5.02 Å². The highest BCUT2D eigenvalue weighted by molar-refractivity contribution is 6.33. The van der Waals surface area contributed by atoms with Crippen LogP contribution in [0.15, 0.2) is 36.4 Å². The molecule has 24 heavy (non-hydrogen) atoms. The molecule has 1 aliphatic rings. The van der Waals surface area contributed by atoms with Crippen molar-refractivity contribution >= 4 is 29.2 Å². The number of carbonyl (C=O) groups excluding carboxylic acids is 2. The normalized spacial score (nSPS) is 11.9. The van der Waals surface area contributed by atoms with E-state index in [1.54, 1.807) is 18.2 Å². The molecule has 1 heterocycles. The minimum Gasteiger partial charge on any atom is -0.454 e. The van der Waals surface area contributed by atoms with Crippen LogP contribution in [0.1, 0.15) is 10.4 Å². The lowest BCUT2D eigenvalue weighted by Crippen LogP contribution is -2.21. The van der Waals surface area contributed by atoms with Crippen LogP contribution in [0.4, 0.5) is 10.1 Å². The Morgan fingerprint density at radius 2 is 1.96 bits per heavy atom. The third-order valence-corrected chi connectivity index (χ3v) is 3.45. The van der Waals surface area contributed by atoms with Crippen molar-refractivity contribution in [1.82, 2.24) is 0 Å². The first-order chi connectivity index (χ1) is 11.5. The van der Waals surface area contributed by atoms with Gasteiger partial charge < -0.3 is 19.5 Å². The lowest BCUT2D eigenvalue weighted by Gasteiger charge is -2.08. The van der Waals surface area contributed by atoms with Gasteiger partial charge in [-0.15, -0.1) is 0 Å². The third kappa shape index (κ3) is 3.57. The number of benzene rings is 2. The van der Waals surface area contributed by atoms with Crippen molar-refractivity contribution < 1.29 is 28.2 Å². The molecule has 0 saturated carbocycles. The summed E-state index contributed by atoms with van der Waals surface area (Å²) in [7, 11) is 0. The third-order valence-electron chi connectivity index (χ3n) is 3.14. The van der Waals surface area contributed by atoms with Gasteiger partial charge >= 0.3 is 5.97 Å². The van der Waals surface area contributed by atoms with Crippen molar-refractivity contribution in [2.45, 2.75) is 0 Å². The van der Waals surface area contributed by atoms with Gasteiger partial charge in [-0.05, 0) is 30.3 Å². The summed E-state index contributed by atoms with van der Waals surface area (Å²) in [4.78, 5) is 23.7. The summed E-state index contributed by atoms with van der Waals surface area (Å²) < 4.78 is 28.2. The predicted molar refractivity (Wildman–Crippen MR) is 82.9 cm³/mol. The summed E-state index contributed by atoms with van der Waals surface area (Å²) in [6.45, 7) is -0.385. The van der Waals surface area contributed by atoms with Crippen LogP contribution in [0.25, 0.3) is 0 Å². The number of amides is 1. The van der Waals surface area contributed by atoms with E-state index in [2.05, 4.69) is 5.32 Å². The number of rotatable bonds is 4. The maximum absolute atomic E-state index is 12.9. The molecule has 0 unspecified atom stereocenters. The van der Waals surface area contributed by atoms with Crippen molar-refractivity contribution in [3.8, 4) is 11.5 Å². The second-order valence-electron chi connectivity index (χ2n) is 4.82. The van der Waals surface area contributed by atoms with E-state index in [-0.39, 0.29) is 17.4 Å². The van der Waals surface area contributed by atoms with E-state index in [9.17, 15) is 14.0 Å². The summed E-state index contributed by atoms with van der Waals surface area (Å²) in [6.07, 6.45) is 0. The molecule has 8 heteroatoms. The fourth-order valence-corrected chi connectivity index (χ4v) is 2.28. The largest absolute Gasteiger partial charge is 0.454 e. The Hall–Kier alpha value is -2.80. The van der Waals surface area contributed by atoms with E-state index in [0.29, 0.717) is 17.2 Å². The molecule has 2 aromatic rings. The number of hydrogen-bond acceptors (Lipinski definition) is 5. The minimum absolute atomic E-state index is 0.0195. The number of fused-ring (bicyclic) bond motifs is 1. The van der Waals surface area contributed by atoms with E-state index in [1.165, 1.54) is 6.07 Å². The molecule has 1 N–H and O–H groups in total. The summed E-state index contributed by atoms with van der Waals surface area (Å²) >= 11 is 5.76. The number of halogens is 2. The number of ether oxygens (including phenoxy) is 3. The van der Waals surface area contributed by atoms with E-state index in [4.69, 9.17) is 25.8 Å². The fourth-order valence-electron chi connectivity index (χ4n) is 2.04. The molecule has 0 bridgehead atoms. The van der Waals surface area contributed by atoms with Crippen LogP contribution >= 0.6 is 11.6 Å². The molecular formula is C16H11ClFNO5. The van der Waals surface area contributed by atoms with E-state index < -0.39 is 24.3 Å². The molecule has 124 valence electrons. The quantitative estimate of drug-likeness (QED) is 0.857. The van der Waals surface area contributed by atoms with Crippen LogP contribution < -0.4 is 14.8 Å². The number of esters is 1. The predicted octanol–water partition coefficient (Wildman–Crippen LogP) is 3.00. The zero-order valence-electron chi connectivity index (χ0n) is 12.2. The van der Waals surface area contributed by atoms with Gasteiger partial charge in [0, 0.05) is 11.8 Å². The number of nitrogens with one attached hydrogen (secondary N) is 1. The Morgan fingerprint density at radius 1 is 1.17 bits per heavy atom. The Labute approximate surface area is 141 Å². The molecule has 0 aromatic heterocycles. The lowest BCUT2D eigenvalue weighted by atomic mass is 10.2. The average molecular weight is 352 g/mol. The molecule has 1 amide bonds. The molecule has 0 atom stereocenters. The first-order valence-electron chi connectivity index (χ1n) is 6.84. The van der Waals surface area contributed by atoms with Gasteiger partial charge in [0.25, 0.3) is 5.91 Å². The monoisotopic (exact) mass is 351 g/mol. The van der Waals surface area contributed by atoms with E-state index in [1.807, 2.05) is 0 Å². The second-order valence-corrected chi connectivity index (χ2v) is 5.22. The molecule has 1 aliphatic heterocycles. The molecular weight excluding hydrogens is 341 g/mol. The average Bonchev–Trinajstić information content (AvgIpc) is 3.00. The standard InChI is InChI=1S/C16H11ClFNO5/c17-12-5-9(18)1-3-11(12)16(21)22-7-15(20)19-10-2-4-13-14(6-10)24-8-23-13/h1-6H,7-8H2,(H,19,20). The Morgan fingerprint density at radius 3 is 2.75 bits per heavy atom. The fraction of sp³-hybridized carbons (Fsp3) is 0.125. The number of carbonyl (C=O) groups is 2. The topological polar surface area (TPSA) is 73.9 Å². The van der Waals surface area contributed by atoms with Gasteiger partial charge in [0.05, 0.1) is 10.6 Å². The maximum atomic E-state index is 12.9. The summed E-state index contributed by atoms with van der Waals surface area (Å²) in [5.74, 6) is -0.827. The van der Waals surface area contributed by atoms with E-state index in [0.717, 1.165) is 12.1 Å². The van der Waals surface area contributed by atoms with Crippen LogP contribution in [-0.2, 0) is 9.53 Å². The molecule has 0 radical (unpaired) electrons. The van der Waals surface area contributed by atoms with Crippen LogP contribution in [0, 0.1) is 5.82 Å². The minimum atomic E-state index is -0.819. The van der Waals surface area contributed by atoms with Crippen molar-refractivity contribution in [3.05, 3.63) is 52.8 Å². The molecule has 0 fully saturated rings. The van der Waals surface area contributed by atoms with Gasteiger partial charge in [0.1, 0.15) is 5.82 Å². The second kappa shape index (κ2) is 6.76. The van der Waals surface area contributed by atoms with E-state index >= 15 is 0 Å². The highest BCUT2D eigenvalue weighted by Crippen LogP contribution is 2.34. The van der Waals surface area contributed by atoms with Crippen molar-refractivity contribution in [1.29, 1.82) is 0 Å². The lowest BCUT2D eigenvalue weighted by molar-refractivity contribution is -0.119. The Bertz CT molecular complexity index is 811. The van der Waals surface area contributed by atoms with Crippen molar-refractivity contribution in [2.75, 3.05) is 18.7 Å². The Kier molecular flexibility index (Phi) is 4.52. The molecule has 2 aromatic carbocycles. The zero-order valence-corrected chi connectivity index (χ0v) is 12.9. The van der Waals surface area contributed by atoms with Gasteiger partial charge in [0.15, 0.2) is 18.1 Å². The summed E-state index contributed by atoms with van der Waals surface area (Å²) in [6, 6.07) is 8.14. The summed E-state index contributed by atoms with van der Waals surface area (Å²) in [5.41, 5.74) is 0.453. The molecule has 3 rings (SSSR count). The highest BCUT2D eigenvalue weighted by atomic mass is 35.5. The van der Waals surface area contributed by atoms with Gasteiger partial charge in [-0.25, -0.2) is 9.18 Å². The van der Waals surface area contributed by atoms with Gasteiger partial charge in [0.2, 0.25) is 6.79 Å². The zero-order chi connectivity index (χ0) is 17.1. The van der Waals surface area contributed by atoms with Gasteiger partial charge in [-0.2, -0.15) is 0 Å². The number of hydrogen-bond donors (Lipinski definition) is 1. The summed E-state index contributed by atoms with van der Waals surface area (Å²) in [5, 5.41) is 2.47. The molecule has 0 spiro atoms. The van der Waals surface area contributed by atoms with Crippen LogP contribution in [-0.4, -0.2) is 25.3 Å². The maximum Gasteiger partial charge on any atom is 0.340 e. The highest BCUT2D eigenvalue weighted by Gasteiger charge is 2.16. The molecule has 0 saturated heterocycles. The SMILES string of the molecule is O=C(COC(=O)c1ccc(F)cc1Cl)Nc1ccc2c(c1)OCO2. The Balaban J connectivity index is 1.56.